The van der Waals surface area contributed by atoms with Gasteiger partial charge in [-0.05, 0) is 73.4 Å². The number of rotatable bonds is 2. The summed E-state index contributed by atoms with van der Waals surface area (Å²) in [7, 11) is 0. The van der Waals surface area contributed by atoms with E-state index in [1.807, 2.05) is 12.1 Å². The van der Waals surface area contributed by atoms with Crippen LogP contribution in [-0.2, 0) is 19.3 Å². The van der Waals surface area contributed by atoms with Crippen molar-refractivity contribution < 1.29 is 4.79 Å². The van der Waals surface area contributed by atoms with Gasteiger partial charge in [-0.3, -0.25) is 4.79 Å². The molecule has 0 radical (unpaired) electrons. The Morgan fingerprint density at radius 1 is 1.14 bits per heavy atom. The Morgan fingerprint density at radius 2 is 2.00 bits per heavy atom. The molecule has 1 unspecified atom stereocenters. The molecule has 2 aliphatic carbocycles. The average Bonchev–Trinajstić information content (AvgIpc) is 3.08. The van der Waals surface area contributed by atoms with E-state index in [9.17, 15) is 4.79 Å². The molecule has 2 aliphatic rings. The van der Waals surface area contributed by atoms with Crippen LogP contribution in [0.2, 0.25) is 0 Å². The number of fused-ring (bicyclic) bond motifs is 2. The Balaban J connectivity index is 1.55. The van der Waals surface area contributed by atoms with E-state index in [1.165, 1.54) is 28.0 Å². The van der Waals surface area contributed by atoms with Crippen LogP contribution in [0.3, 0.4) is 0 Å². The maximum Gasteiger partial charge on any atom is 0.261 e. The van der Waals surface area contributed by atoms with Crippen molar-refractivity contribution in [2.45, 2.75) is 44.6 Å². The van der Waals surface area contributed by atoms with E-state index in [1.54, 1.807) is 11.3 Å². The standard InChI is InChI=1S/C18H20N2OS/c19-13-7-8-14-11(9-13)3-1-5-15(14)20-18(21)17-10-12-4-2-6-16(12)22-17/h7-10,15H,1-6,19H2,(H,20,21). The predicted molar refractivity (Wildman–Crippen MR) is 90.3 cm³/mol. The van der Waals surface area contributed by atoms with Gasteiger partial charge in [0.15, 0.2) is 0 Å². The summed E-state index contributed by atoms with van der Waals surface area (Å²) < 4.78 is 0. The summed E-state index contributed by atoms with van der Waals surface area (Å²) in [5, 5.41) is 3.23. The minimum Gasteiger partial charge on any atom is -0.399 e. The molecule has 1 aromatic heterocycles. The van der Waals surface area contributed by atoms with Gasteiger partial charge in [0.05, 0.1) is 10.9 Å². The summed E-state index contributed by atoms with van der Waals surface area (Å²) in [6.45, 7) is 0. The second kappa shape index (κ2) is 5.43. The molecule has 0 aliphatic heterocycles. The lowest BCUT2D eigenvalue weighted by Gasteiger charge is -2.26. The molecule has 22 heavy (non-hydrogen) atoms. The molecule has 1 heterocycles. The fraction of sp³-hybridized carbons (Fsp3) is 0.389. The number of anilines is 1. The Labute approximate surface area is 134 Å². The number of hydrogen-bond donors (Lipinski definition) is 2. The highest BCUT2D eigenvalue weighted by Gasteiger charge is 2.24. The Hall–Kier alpha value is -1.81. The molecule has 1 amide bonds. The first-order valence-corrected chi connectivity index (χ1v) is 8.83. The first-order valence-electron chi connectivity index (χ1n) is 8.01. The summed E-state index contributed by atoms with van der Waals surface area (Å²) in [5.74, 6) is 0.0778. The third-order valence-electron chi connectivity index (χ3n) is 4.76. The zero-order valence-corrected chi connectivity index (χ0v) is 13.3. The highest BCUT2D eigenvalue weighted by Crippen LogP contribution is 2.33. The number of amides is 1. The molecule has 0 fully saturated rings. The van der Waals surface area contributed by atoms with Gasteiger partial charge in [0.25, 0.3) is 5.91 Å². The second-order valence-electron chi connectivity index (χ2n) is 6.29. The van der Waals surface area contributed by atoms with Crippen molar-refractivity contribution in [2.24, 2.45) is 0 Å². The lowest BCUT2D eigenvalue weighted by Crippen LogP contribution is -2.30. The second-order valence-corrected chi connectivity index (χ2v) is 7.43. The number of carbonyl (C=O) groups excluding carboxylic acids is 1. The van der Waals surface area contributed by atoms with Crippen LogP contribution in [0.5, 0.6) is 0 Å². The molecule has 2 aromatic rings. The summed E-state index contributed by atoms with van der Waals surface area (Å²) in [6.07, 6.45) is 6.67. The SMILES string of the molecule is Nc1ccc2c(c1)CCCC2NC(=O)c1cc2c(s1)CCC2. The van der Waals surface area contributed by atoms with Crippen molar-refractivity contribution >= 4 is 22.9 Å². The van der Waals surface area contributed by atoms with Gasteiger partial charge in [-0.2, -0.15) is 0 Å². The summed E-state index contributed by atoms with van der Waals surface area (Å²) in [6, 6.07) is 8.27. The largest absolute Gasteiger partial charge is 0.399 e. The van der Waals surface area contributed by atoms with Gasteiger partial charge in [0, 0.05) is 10.6 Å². The Morgan fingerprint density at radius 3 is 2.86 bits per heavy atom. The number of nitrogen functional groups attached to an aromatic ring is 1. The highest BCUT2D eigenvalue weighted by molar-refractivity contribution is 7.14. The van der Waals surface area contributed by atoms with Gasteiger partial charge >= 0.3 is 0 Å². The van der Waals surface area contributed by atoms with Gasteiger partial charge in [-0.15, -0.1) is 11.3 Å². The number of nitrogens with two attached hydrogens (primary N) is 1. The smallest absolute Gasteiger partial charge is 0.261 e. The molecule has 1 aromatic carbocycles. The maximum atomic E-state index is 12.6. The summed E-state index contributed by atoms with van der Waals surface area (Å²) in [4.78, 5) is 14.8. The zero-order chi connectivity index (χ0) is 15.1. The third-order valence-corrected chi connectivity index (χ3v) is 5.99. The Kier molecular flexibility index (Phi) is 3.41. The van der Waals surface area contributed by atoms with Crippen LogP contribution in [-0.4, -0.2) is 5.91 Å². The molecule has 3 nitrogen and oxygen atoms in total. The van der Waals surface area contributed by atoms with Crippen molar-refractivity contribution in [3.05, 3.63) is 50.7 Å². The van der Waals surface area contributed by atoms with E-state index in [0.29, 0.717) is 0 Å². The summed E-state index contributed by atoms with van der Waals surface area (Å²) >= 11 is 1.67. The van der Waals surface area contributed by atoms with Crippen LogP contribution < -0.4 is 11.1 Å². The molecule has 0 saturated carbocycles. The highest BCUT2D eigenvalue weighted by atomic mass is 32.1. The van der Waals surface area contributed by atoms with Crippen LogP contribution >= 0.6 is 11.3 Å². The minimum absolute atomic E-state index is 0.0778. The van der Waals surface area contributed by atoms with E-state index < -0.39 is 0 Å². The number of aryl methyl sites for hydroxylation is 3. The first kappa shape index (κ1) is 13.8. The van der Waals surface area contributed by atoms with Crippen LogP contribution in [0.25, 0.3) is 0 Å². The Bertz CT molecular complexity index is 713. The molecule has 0 saturated heterocycles. The van der Waals surface area contributed by atoms with Gasteiger partial charge in [-0.1, -0.05) is 6.07 Å². The van der Waals surface area contributed by atoms with Gasteiger partial charge in [-0.25, -0.2) is 0 Å². The topological polar surface area (TPSA) is 55.1 Å². The van der Waals surface area contributed by atoms with Crippen molar-refractivity contribution in [3.8, 4) is 0 Å². The predicted octanol–water partition coefficient (Wildman–Crippen LogP) is 3.63. The number of hydrogen-bond acceptors (Lipinski definition) is 3. The monoisotopic (exact) mass is 312 g/mol. The first-order chi connectivity index (χ1) is 10.7. The lowest BCUT2D eigenvalue weighted by atomic mass is 9.87. The quantitative estimate of drug-likeness (QED) is 0.832. The van der Waals surface area contributed by atoms with Crippen molar-refractivity contribution in [3.63, 3.8) is 0 Å². The molecular weight excluding hydrogens is 292 g/mol. The zero-order valence-electron chi connectivity index (χ0n) is 12.5. The van der Waals surface area contributed by atoms with Crippen molar-refractivity contribution in [1.29, 1.82) is 0 Å². The lowest BCUT2D eigenvalue weighted by molar-refractivity contribution is 0.0937. The van der Waals surface area contributed by atoms with Crippen molar-refractivity contribution in [1.82, 2.24) is 5.32 Å². The number of thiophene rings is 1. The number of benzene rings is 1. The van der Waals surface area contributed by atoms with Crippen LogP contribution in [0.4, 0.5) is 5.69 Å². The van der Waals surface area contributed by atoms with E-state index >= 15 is 0 Å². The fourth-order valence-electron chi connectivity index (χ4n) is 3.65. The molecule has 1 atom stereocenters. The molecular formula is C18H20N2OS. The van der Waals surface area contributed by atoms with Gasteiger partial charge in [0.2, 0.25) is 0 Å². The van der Waals surface area contributed by atoms with Gasteiger partial charge < -0.3 is 11.1 Å². The molecule has 4 heteroatoms. The average molecular weight is 312 g/mol. The number of nitrogens with one attached hydrogen (secondary N) is 1. The fourth-order valence-corrected chi connectivity index (χ4v) is 4.81. The van der Waals surface area contributed by atoms with Crippen LogP contribution in [0.1, 0.15) is 56.5 Å². The maximum absolute atomic E-state index is 12.6. The van der Waals surface area contributed by atoms with Crippen LogP contribution in [0, 0.1) is 0 Å². The van der Waals surface area contributed by atoms with E-state index in [0.717, 1.165) is 42.7 Å². The number of carbonyl (C=O) groups is 1. The molecule has 0 spiro atoms. The van der Waals surface area contributed by atoms with Crippen LogP contribution in [0.15, 0.2) is 24.3 Å². The third kappa shape index (κ3) is 2.41. The van der Waals surface area contributed by atoms with Crippen molar-refractivity contribution in [2.75, 3.05) is 5.73 Å². The van der Waals surface area contributed by atoms with E-state index in [-0.39, 0.29) is 11.9 Å². The van der Waals surface area contributed by atoms with Gasteiger partial charge in [0.1, 0.15) is 0 Å². The molecule has 114 valence electrons. The van der Waals surface area contributed by atoms with E-state index in [4.69, 9.17) is 5.73 Å². The molecule has 0 bridgehead atoms. The van der Waals surface area contributed by atoms with E-state index in [2.05, 4.69) is 17.4 Å². The minimum atomic E-state index is 0.0778. The molecule has 4 rings (SSSR count). The summed E-state index contributed by atoms with van der Waals surface area (Å²) in [5.41, 5.74) is 10.6. The molecule has 3 N–H and O–H groups in total. The normalized spacial score (nSPS) is 19.5.